The van der Waals surface area contributed by atoms with Crippen LogP contribution in [-0.2, 0) is 0 Å². The van der Waals surface area contributed by atoms with Crippen LogP contribution in [-0.4, -0.2) is 19.5 Å². The van der Waals surface area contributed by atoms with E-state index in [4.69, 9.17) is 9.47 Å². The van der Waals surface area contributed by atoms with Crippen molar-refractivity contribution in [1.29, 1.82) is 0 Å². The zero-order valence-electron chi connectivity index (χ0n) is 12.0. The molecule has 0 aliphatic rings. The van der Waals surface area contributed by atoms with Crippen LogP contribution in [0.15, 0.2) is 52.8 Å². The van der Waals surface area contributed by atoms with Gasteiger partial charge in [0, 0.05) is 0 Å². The van der Waals surface area contributed by atoms with Gasteiger partial charge in [0.1, 0.15) is 6.61 Å². The molecule has 2 aromatic rings. The molecule has 5 heteroatoms. The minimum absolute atomic E-state index is 0.0262. The largest absolute Gasteiger partial charge is 0.493 e. The van der Waals surface area contributed by atoms with Gasteiger partial charge in [-0.1, -0.05) is 24.8 Å². The summed E-state index contributed by atoms with van der Waals surface area (Å²) in [6.45, 7) is 4.03. The van der Waals surface area contributed by atoms with Crippen LogP contribution in [0.3, 0.4) is 0 Å². The highest BCUT2D eigenvalue weighted by atomic mass is 79.9. The maximum absolute atomic E-state index is 12.0. The Morgan fingerprint density at radius 2 is 2.14 bits per heavy atom. The molecule has 0 atom stereocenters. The first-order chi connectivity index (χ1) is 10.6. The van der Waals surface area contributed by atoms with E-state index in [0.717, 1.165) is 9.35 Å². The summed E-state index contributed by atoms with van der Waals surface area (Å²) in [5.41, 5.74) is 0.867. The van der Waals surface area contributed by atoms with Crippen LogP contribution < -0.4 is 9.47 Å². The number of allylic oxidation sites excluding steroid dienone is 1. The molecule has 22 heavy (non-hydrogen) atoms. The Morgan fingerprint density at radius 1 is 1.32 bits per heavy atom. The minimum atomic E-state index is -0.0262. The summed E-state index contributed by atoms with van der Waals surface area (Å²) in [5, 5.41) is 0. The average molecular weight is 379 g/mol. The van der Waals surface area contributed by atoms with Crippen molar-refractivity contribution < 1.29 is 14.3 Å². The van der Waals surface area contributed by atoms with E-state index in [1.54, 1.807) is 31.4 Å². The minimum Gasteiger partial charge on any atom is -0.493 e. The number of ketones is 1. The highest BCUT2D eigenvalue weighted by molar-refractivity contribution is 9.11. The average Bonchev–Trinajstić information content (AvgIpc) is 2.97. The highest BCUT2D eigenvalue weighted by Gasteiger charge is 2.06. The number of methoxy groups -OCH3 is 1. The number of halogens is 1. The standard InChI is InChI=1S/C17H15BrO3S/c1-3-10-21-14-7-5-12(11-15(14)20-2)4-6-13(19)16-8-9-17(18)22-16/h3-9,11H,1,10H2,2H3/b6-4+. The van der Waals surface area contributed by atoms with E-state index >= 15 is 0 Å². The Bertz CT molecular complexity index is 704. The van der Waals surface area contributed by atoms with Crippen molar-refractivity contribution >= 4 is 39.1 Å². The Labute approximate surface area is 142 Å². The summed E-state index contributed by atoms with van der Waals surface area (Å²) in [6, 6.07) is 9.17. The van der Waals surface area contributed by atoms with Crippen LogP contribution in [0.4, 0.5) is 0 Å². The molecule has 0 bridgehead atoms. The fourth-order valence-electron chi connectivity index (χ4n) is 1.76. The number of rotatable bonds is 7. The molecule has 1 aromatic carbocycles. The molecular formula is C17H15BrO3S. The number of thiophene rings is 1. The monoisotopic (exact) mass is 378 g/mol. The van der Waals surface area contributed by atoms with Crippen molar-refractivity contribution in [2.45, 2.75) is 0 Å². The summed E-state index contributed by atoms with van der Waals surface area (Å²) in [7, 11) is 1.58. The second kappa shape index (κ2) is 7.96. The molecule has 0 fully saturated rings. The first-order valence-corrected chi connectivity index (χ1v) is 8.14. The second-order valence-corrected chi connectivity index (χ2v) is 6.77. The lowest BCUT2D eigenvalue weighted by molar-refractivity contribution is 0.105. The van der Waals surface area contributed by atoms with Crippen LogP contribution in [0.2, 0.25) is 0 Å². The number of carbonyl (C=O) groups excluding carboxylic acids is 1. The molecule has 0 amide bonds. The second-order valence-electron chi connectivity index (χ2n) is 4.31. The summed E-state index contributed by atoms with van der Waals surface area (Å²) < 4.78 is 11.7. The lowest BCUT2D eigenvalue weighted by Gasteiger charge is -2.09. The molecule has 0 radical (unpaired) electrons. The Balaban J connectivity index is 2.13. The molecule has 0 unspecified atom stereocenters. The maximum atomic E-state index is 12.0. The fraction of sp³-hybridized carbons (Fsp3) is 0.118. The van der Waals surface area contributed by atoms with Gasteiger partial charge in [-0.15, -0.1) is 11.3 Å². The first-order valence-electron chi connectivity index (χ1n) is 6.53. The molecule has 0 aliphatic carbocycles. The molecule has 1 heterocycles. The molecule has 114 valence electrons. The van der Waals surface area contributed by atoms with E-state index in [1.807, 2.05) is 24.3 Å². The maximum Gasteiger partial charge on any atom is 0.195 e. The van der Waals surface area contributed by atoms with E-state index in [2.05, 4.69) is 22.5 Å². The van der Waals surface area contributed by atoms with E-state index in [0.29, 0.717) is 23.0 Å². The Hall–Kier alpha value is -1.85. The zero-order valence-corrected chi connectivity index (χ0v) is 14.4. The van der Waals surface area contributed by atoms with Gasteiger partial charge in [-0.25, -0.2) is 0 Å². The third kappa shape index (κ3) is 4.32. The highest BCUT2D eigenvalue weighted by Crippen LogP contribution is 2.29. The van der Waals surface area contributed by atoms with E-state index in [-0.39, 0.29) is 5.78 Å². The Morgan fingerprint density at radius 3 is 2.77 bits per heavy atom. The summed E-state index contributed by atoms with van der Waals surface area (Å²) in [5.74, 6) is 1.24. The van der Waals surface area contributed by atoms with E-state index in [9.17, 15) is 4.79 Å². The van der Waals surface area contributed by atoms with Crippen molar-refractivity contribution in [3.63, 3.8) is 0 Å². The van der Waals surface area contributed by atoms with Gasteiger partial charge in [0.2, 0.25) is 0 Å². The SMILES string of the molecule is C=CCOc1ccc(/C=C/C(=O)c2ccc(Br)s2)cc1OC. The van der Waals surface area contributed by atoms with E-state index < -0.39 is 0 Å². The van der Waals surface area contributed by atoms with Gasteiger partial charge in [0.15, 0.2) is 17.3 Å². The van der Waals surface area contributed by atoms with Crippen molar-refractivity contribution in [2.24, 2.45) is 0 Å². The summed E-state index contributed by atoms with van der Waals surface area (Å²) in [6.07, 6.45) is 4.98. The molecule has 1 aromatic heterocycles. The number of ether oxygens (including phenoxy) is 2. The first kappa shape index (κ1) is 16.5. The smallest absolute Gasteiger partial charge is 0.195 e. The third-order valence-electron chi connectivity index (χ3n) is 2.79. The van der Waals surface area contributed by atoms with Gasteiger partial charge in [-0.3, -0.25) is 4.79 Å². The number of carbonyl (C=O) groups is 1. The van der Waals surface area contributed by atoms with Crippen molar-refractivity contribution in [2.75, 3.05) is 13.7 Å². The molecule has 2 rings (SSSR count). The predicted octanol–water partition coefficient (Wildman–Crippen LogP) is 4.98. The molecule has 0 aliphatic heterocycles. The molecule has 0 saturated heterocycles. The number of hydrogen-bond donors (Lipinski definition) is 0. The van der Waals surface area contributed by atoms with Crippen LogP contribution in [0.1, 0.15) is 15.2 Å². The fourth-order valence-corrected chi connectivity index (χ4v) is 3.06. The third-order valence-corrected chi connectivity index (χ3v) is 4.43. The van der Waals surface area contributed by atoms with E-state index in [1.165, 1.54) is 11.3 Å². The summed E-state index contributed by atoms with van der Waals surface area (Å²) in [4.78, 5) is 12.7. The predicted molar refractivity (Wildman–Crippen MR) is 94.1 cm³/mol. The van der Waals surface area contributed by atoms with Gasteiger partial charge in [0.25, 0.3) is 0 Å². The topological polar surface area (TPSA) is 35.5 Å². The van der Waals surface area contributed by atoms with Crippen LogP contribution >= 0.6 is 27.3 Å². The summed E-state index contributed by atoms with van der Waals surface area (Å²) >= 11 is 4.76. The Kier molecular flexibility index (Phi) is 5.98. The zero-order chi connectivity index (χ0) is 15.9. The molecule has 0 saturated carbocycles. The van der Waals surface area contributed by atoms with Crippen molar-refractivity contribution in [3.05, 3.63) is 63.3 Å². The molecule has 0 N–H and O–H groups in total. The van der Waals surface area contributed by atoms with Gasteiger partial charge >= 0.3 is 0 Å². The van der Waals surface area contributed by atoms with Crippen molar-refractivity contribution in [1.82, 2.24) is 0 Å². The van der Waals surface area contributed by atoms with Gasteiger partial charge in [0.05, 0.1) is 15.8 Å². The van der Waals surface area contributed by atoms with Crippen molar-refractivity contribution in [3.8, 4) is 11.5 Å². The molecular weight excluding hydrogens is 364 g/mol. The van der Waals surface area contributed by atoms with Crippen LogP contribution in [0.5, 0.6) is 11.5 Å². The van der Waals surface area contributed by atoms with Crippen LogP contribution in [0, 0.1) is 0 Å². The lowest BCUT2D eigenvalue weighted by Crippen LogP contribution is -1.96. The number of hydrogen-bond acceptors (Lipinski definition) is 4. The number of benzene rings is 1. The normalized spacial score (nSPS) is 10.6. The van der Waals surface area contributed by atoms with Gasteiger partial charge in [-0.05, 0) is 51.8 Å². The van der Waals surface area contributed by atoms with Gasteiger partial charge < -0.3 is 9.47 Å². The molecule has 0 spiro atoms. The van der Waals surface area contributed by atoms with Crippen LogP contribution in [0.25, 0.3) is 6.08 Å². The lowest BCUT2D eigenvalue weighted by atomic mass is 10.1. The quantitative estimate of drug-likeness (QED) is 0.387. The molecule has 3 nitrogen and oxygen atoms in total. The van der Waals surface area contributed by atoms with Gasteiger partial charge in [-0.2, -0.15) is 0 Å².